The van der Waals surface area contributed by atoms with Crippen LogP contribution in [0.15, 0.2) is 0 Å². The molecule has 0 saturated carbocycles. The van der Waals surface area contributed by atoms with Crippen molar-refractivity contribution in [2.75, 3.05) is 0 Å². The predicted octanol–water partition coefficient (Wildman–Crippen LogP) is -0.586. The van der Waals surface area contributed by atoms with Crippen molar-refractivity contribution in [3.63, 3.8) is 0 Å². The first-order chi connectivity index (χ1) is 2.91. The van der Waals surface area contributed by atoms with Gasteiger partial charge >= 0.3 is 29.6 Å². The van der Waals surface area contributed by atoms with Gasteiger partial charge in [0.25, 0.3) is 0 Å². The van der Waals surface area contributed by atoms with Crippen molar-refractivity contribution in [1.82, 2.24) is 0 Å². The van der Waals surface area contributed by atoms with Gasteiger partial charge in [0.15, 0.2) is 0 Å². The normalized spacial score (nSPS) is 6.75. The second-order valence-electron chi connectivity index (χ2n) is 1.71. The minimum absolute atomic E-state index is 0. The molecular formula is C6H15NaO. The topological polar surface area (TPSA) is 30.0 Å². The average molecular weight is 126 g/mol. The summed E-state index contributed by atoms with van der Waals surface area (Å²) in [7, 11) is 0. The van der Waals surface area contributed by atoms with Gasteiger partial charge in [0, 0.05) is 0 Å². The summed E-state index contributed by atoms with van der Waals surface area (Å²) in [4.78, 5) is 0. The molecule has 1 nitrogen and oxygen atoms in total. The summed E-state index contributed by atoms with van der Waals surface area (Å²) < 4.78 is 0. The molecule has 0 saturated heterocycles. The Balaban J connectivity index is -0.000000125. The fourth-order valence-electron chi connectivity index (χ4n) is 0.500. The van der Waals surface area contributed by atoms with E-state index in [4.69, 9.17) is 0 Å². The van der Waals surface area contributed by atoms with Crippen molar-refractivity contribution < 1.29 is 35.0 Å². The van der Waals surface area contributed by atoms with E-state index in [2.05, 4.69) is 13.8 Å². The van der Waals surface area contributed by atoms with Crippen LogP contribution in [0.25, 0.3) is 0 Å². The fourth-order valence-corrected chi connectivity index (χ4v) is 0.500. The van der Waals surface area contributed by atoms with Gasteiger partial charge in [0.1, 0.15) is 0 Å². The molecule has 2 heteroatoms. The summed E-state index contributed by atoms with van der Waals surface area (Å²) in [6.45, 7) is 4.46. The summed E-state index contributed by atoms with van der Waals surface area (Å²) in [5, 5.41) is 0. The third-order valence-corrected chi connectivity index (χ3v) is 0.957. The maximum Gasteiger partial charge on any atom is 1.00 e. The smallest absolute Gasteiger partial charge is 0.870 e. The predicted molar refractivity (Wildman–Crippen MR) is 31.8 cm³/mol. The Morgan fingerprint density at radius 1 is 0.875 bits per heavy atom. The molecule has 0 spiro atoms. The molecule has 8 heavy (non-hydrogen) atoms. The Bertz CT molecular complexity index is 20.5. The van der Waals surface area contributed by atoms with Crippen LogP contribution in [-0.2, 0) is 0 Å². The standard InChI is InChI=1S/C6H14.Na.H2O/c1-3-5-6-4-2;;/h3-6H2,1-2H3;;1H2/q;+1;/p-1. The zero-order chi connectivity index (χ0) is 4.83. The summed E-state index contributed by atoms with van der Waals surface area (Å²) in [5.74, 6) is 0. The Kier molecular flexibility index (Phi) is 31.3. The minimum Gasteiger partial charge on any atom is -0.870 e. The Labute approximate surface area is 74.5 Å². The van der Waals surface area contributed by atoms with Gasteiger partial charge in [-0.05, 0) is 0 Å². The van der Waals surface area contributed by atoms with Crippen LogP contribution in [0.1, 0.15) is 39.5 Å². The van der Waals surface area contributed by atoms with Gasteiger partial charge in [-0.1, -0.05) is 39.5 Å². The summed E-state index contributed by atoms with van der Waals surface area (Å²) in [6, 6.07) is 0. The molecule has 0 heterocycles. The van der Waals surface area contributed by atoms with E-state index < -0.39 is 0 Å². The van der Waals surface area contributed by atoms with Crippen LogP contribution >= 0.6 is 0 Å². The van der Waals surface area contributed by atoms with E-state index in [1.165, 1.54) is 25.7 Å². The van der Waals surface area contributed by atoms with E-state index in [1.54, 1.807) is 0 Å². The molecule has 0 aliphatic carbocycles. The van der Waals surface area contributed by atoms with Gasteiger partial charge in [-0.3, -0.25) is 0 Å². The van der Waals surface area contributed by atoms with E-state index >= 15 is 0 Å². The van der Waals surface area contributed by atoms with Gasteiger partial charge in [-0.2, -0.15) is 0 Å². The van der Waals surface area contributed by atoms with Crippen LogP contribution < -0.4 is 29.6 Å². The SMILES string of the molecule is CCCCCC.[Na+].[OH-]. The molecular weight excluding hydrogens is 111 g/mol. The minimum atomic E-state index is 0. The molecule has 0 fully saturated rings. The van der Waals surface area contributed by atoms with Crippen molar-refractivity contribution >= 4 is 0 Å². The van der Waals surface area contributed by atoms with E-state index in [0.717, 1.165) is 0 Å². The third-order valence-electron chi connectivity index (χ3n) is 0.957. The maximum atomic E-state index is 2.23. The molecule has 1 N–H and O–H groups in total. The second kappa shape index (κ2) is 15.7. The Morgan fingerprint density at radius 3 is 1.25 bits per heavy atom. The fraction of sp³-hybridized carbons (Fsp3) is 1.00. The number of hydrogen-bond acceptors (Lipinski definition) is 1. The van der Waals surface area contributed by atoms with Crippen molar-refractivity contribution in [3.05, 3.63) is 0 Å². The van der Waals surface area contributed by atoms with E-state index in [-0.39, 0.29) is 35.0 Å². The zero-order valence-electron chi connectivity index (χ0n) is 6.28. The number of rotatable bonds is 3. The summed E-state index contributed by atoms with van der Waals surface area (Å²) in [6.07, 6.45) is 5.54. The summed E-state index contributed by atoms with van der Waals surface area (Å²) >= 11 is 0. The van der Waals surface area contributed by atoms with Gasteiger partial charge in [0.2, 0.25) is 0 Å². The molecule has 0 aromatic rings. The van der Waals surface area contributed by atoms with Gasteiger partial charge < -0.3 is 5.48 Å². The zero-order valence-corrected chi connectivity index (χ0v) is 8.28. The monoisotopic (exact) mass is 126 g/mol. The van der Waals surface area contributed by atoms with Crippen LogP contribution in [0.5, 0.6) is 0 Å². The largest absolute Gasteiger partial charge is 1.00 e. The molecule has 0 aromatic carbocycles. The molecule has 0 aliphatic heterocycles. The van der Waals surface area contributed by atoms with E-state index in [9.17, 15) is 0 Å². The molecule has 0 radical (unpaired) electrons. The molecule has 0 atom stereocenters. The van der Waals surface area contributed by atoms with E-state index in [1.807, 2.05) is 0 Å². The number of unbranched alkanes of at least 4 members (excludes halogenated alkanes) is 3. The van der Waals surface area contributed by atoms with Crippen molar-refractivity contribution in [3.8, 4) is 0 Å². The first-order valence-electron chi connectivity index (χ1n) is 2.91. The van der Waals surface area contributed by atoms with Crippen LogP contribution in [-0.4, -0.2) is 5.48 Å². The Morgan fingerprint density at radius 2 is 1.12 bits per heavy atom. The second-order valence-corrected chi connectivity index (χ2v) is 1.71. The van der Waals surface area contributed by atoms with Crippen LogP contribution in [0, 0.1) is 0 Å². The van der Waals surface area contributed by atoms with Gasteiger partial charge in [-0.15, -0.1) is 0 Å². The van der Waals surface area contributed by atoms with Crippen molar-refractivity contribution in [2.45, 2.75) is 39.5 Å². The molecule has 0 aromatic heterocycles. The molecule has 0 rings (SSSR count). The van der Waals surface area contributed by atoms with Crippen LogP contribution in [0.3, 0.4) is 0 Å². The molecule has 0 amide bonds. The Hall–Kier alpha value is 0.960. The quantitative estimate of drug-likeness (QED) is 0.367. The van der Waals surface area contributed by atoms with E-state index in [0.29, 0.717) is 0 Å². The molecule has 46 valence electrons. The van der Waals surface area contributed by atoms with Crippen molar-refractivity contribution in [2.24, 2.45) is 0 Å². The molecule has 0 unspecified atom stereocenters. The molecule has 0 aliphatic rings. The third kappa shape index (κ3) is 15.8. The maximum absolute atomic E-state index is 2.23. The first kappa shape index (κ1) is 16.0. The first-order valence-corrected chi connectivity index (χ1v) is 2.91. The van der Waals surface area contributed by atoms with Crippen LogP contribution in [0.4, 0.5) is 0 Å². The van der Waals surface area contributed by atoms with Gasteiger partial charge in [0.05, 0.1) is 0 Å². The average Bonchev–Trinajstić information content (AvgIpc) is 1.61. The molecule has 0 bridgehead atoms. The van der Waals surface area contributed by atoms with Crippen molar-refractivity contribution in [1.29, 1.82) is 0 Å². The van der Waals surface area contributed by atoms with Gasteiger partial charge in [-0.25, -0.2) is 0 Å². The van der Waals surface area contributed by atoms with Crippen LogP contribution in [0.2, 0.25) is 0 Å². The number of hydrogen-bond donors (Lipinski definition) is 0. The summed E-state index contributed by atoms with van der Waals surface area (Å²) in [5.41, 5.74) is 0.